The van der Waals surface area contributed by atoms with Gasteiger partial charge in [-0.25, -0.2) is 0 Å². The molecule has 0 aliphatic heterocycles. The molecule has 0 aliphatic carbocycles. The molecular weight excluding hydrogens is 310 g/mol. The van der Waals surface area contributed by atoms with Crippen LogP contribution in [0.3, 0.4) is 0 Å². The van der Waals surface area contributed by atoms with Crippen molar-refractivity contribution in [3.8, 4) is 5.75 Å². The third kappa shape index (κ3) is 6.92. The minimum absolute atomic E-state index is 0.0429. The molecule has 2 N–H and O–H groups in total. The van der Waals surface area contributed by atoms with Gasteiger partial charge in [-0.3, -0.25) is 0 Å². The van der Waals surface area contributed by atoms with E-state index in [1.807, 2.05) is 12.1 Å². The molecule has 0 bridgehead atoms. The molecule has 0 radical (unpaired) electrons. The molecule has 19 heavy (non-hydrogen) atoms. The lowest BCUT2D eigenvalue weighted by Crippen LogP contribution is -2.21. The highest BCUT2D eigenvalue weighted by molar-refractivity contribution is 9.10. The summed E-state index contributed by atoms with van der Waals surface area (Å²) in [6.07, 6.45) is 0. The summed E-state index contributed by atoms with van der Waals surface area (Å²) in [6, 6.07) is 6.52. The first-order chi connectivity index (χ1) is 9.13. The molecule has 4 nitrogen and oxygen atoms in total. The molecule has 0 aromatic heterocycles. The molecule has 0 saturated carbocycles. The van der Waals surface area contributed by atoms with Crippen molar-refractivity contribution in [2.24, 2.45) is 0 Å². The molecule has 0 amide bonds. The number of halogens is 1. The fourth-order valence-electron chi connectivity index (χ4n) is 1.47. The quantitative estimate of drug-likeness (QED) is 0.682. The van der Waals surface area contributed by atoms with Gasteiger partial charge in [-0.05, 0) is 33.6 Å². The van der Waals surface area contributed by atoms with E-state index in [9.17, 15) is 0 Å². The van der Waals surface area contributed by atoms with Crippen LogP contribution in [0.25, 0.3) is 0 Å². The Hall–Kier alpha value is -0.620. The van der Waals surface area contributed by atoms with Gasteiger partial charge >= 0.3 is 0 Å². The summed E-state index contributed by atoms with van der Waals surface area (Å²) >= 11 is 3.50. The van der Waals surface area contributed by atoms with E-state index in [-0.39, 0.29) is 6.61 Å². The lowest BCUT2D eigenvalue weighted by Gasteiger charge is -2.11. The minimum Gasteiger partial charge on any atom is -0.490 e. The van der Waals surface area contributed by atoms with E-state index < -0.39 is 0 Å². The Labute approximate surface area is 123 Å². The van der Waals surface area contributed by atoms with Crippen molar-refractivity contribution in [2.45, 2.75) is 26.4 Å². The largest absolute Gasteiger partial charge is 0.490 e. The first kappa shape index (κ1) is 16.4. The van der Waals surface area contributed by atoms with Crippen LogP contribution in [0.5, 0.6) is 5.75 Å². The Morgan fingerprint density at radius 1 is 1.26 bits per heavy atom. The Morgan fingerprint density at radius 2 is 2.05 bits per heavy atom. The van der Waals surface area contributed by atoms with Crippen LogP contribution in [0.2, 0.25) is 0 Å². The maximum absolute atomic E-state index is 8.57. The first-order valence-corrected chi connectivity index (χ1v) is 7.26. The fraction of sp³-hybridized carbons (Fsp3) is 0.571. The van der Waals surface area contributed by atoms with Gasteiger partial charge in [0.25, 0.3) is 0 Å². The second-order valence-electron chi connectivity index (χ2n) is 4.48. The van der Waals surface area contributed by atoms with E-state index >= 15 is 0 Å². The molecule has 0 aliphatic rings. The molecule has 5 heteroatoms. The number of hydrogen-bond donors (Lipinski definition) is 2. The van der Waals surface area contributed by atoms with Crippen LogP contribution in [-0.4, -0.2) is 37.6 Å². The topological polar surface area (TPSA) is 50.7 Å². The van der Waals surface area contributed by atoms with Gasteiger partial charge < -0.3 is 19.9 Å². The highest BCUT2D eigenvalue weighted by Crippen LogP contribution is 2.26. The van der Waals surface area contributed by atoms with Crippen LogP contribution >= 0.6 is 15.9 Å². The summed E-state index contributed by atoms with van der Waals surface area (Å²) < 4.78 is 11.7. The number of rotatable bonds is 9. The monoisotopic (exact) mass is 331 g/mol. The zero-order valence-electron chi connectivity index (χ0n) is 11.5. The molecular formula is C14H22BrNO3. The normalized spacial score (nSPS) is 11.0. The average molecular weight is 332 g/mol. The van der Waals surface area contributed by atoms with Crippen molar-refractivity contribution in [3.63, 3.8) is 0 Å². The van der Waals surface area contributed by atoms with E-state index in [0.717, 1.165) is 16.8 Å². The number of hydrogen-bond acceptors (Lipinski definition) is 4. The number of benzene rings is 1. The minimum atomic E-state index is 0.0429. The first-order valence-electron chi connectivity index (χ1n) is 6.46. The number of aliphatic hydroxyl groups is 1. The second kappa shape index (κ2) is 9.31. The third-order valence-electron chi connectivity index (χ3n) is 2.43. The molecule has 1 aromatic carbocycles. The molecule has 0 saturated heterocycles. The van der Waals surface area contributed by atoms with Crippen molar-refractivity contribution in [1.82, 2.24) is 5.32 Å². The summed E-state index contributed by atoms with van der Waals surface area (Å²) in [5, 5.41) is 11.9. The van der Waals surface area contributed by atoms with Crippen molar-refractivity contribution in [3.05, 3.63) is 28.2 Å². The number of nitrogens with one attached hydrogen (secondary N) is 1. The summed E-state index contributed by atoms with van der Waals surface area (Å²) in [6.45, 7) is 6.44. The second-order valence-corrected chi connectivity index (χ2v) is 5.34. The van der Waals surface area contributed by atoms with Crippen LogP contribution < -0.4 is 10.1 Å². The standard InChI is InChI=1S/C14H22BrNO3/c1-11(2)16-10-12-3-4-14(13(15)9-12)19-8-7-18-6-5-17/h3-4,9,11,16-17H,5-8,10H2,1-2H3. The van der Waals surface area contributed by atoms with Crippen LogP contribution in [-0.2, 0) is 11.3 Å². The number of ether oxygens (including phenoxy) is 2. The van der Waals surface area contributed by atoms with E-state index in [2.05, 4.69) is 41.2 Å². The van der Waals surface area contributed by atoms with Gasteiger partial charge in [-0.1, -0.05) is 19.9 Å². The molecule has 0 heterocycles. The van der Waals surface area contributed by atoms with Crippen LogP contribution in [0.4, 0.5) is 0 Å². The third-order valence-corrected chi connectivity index (χ3v) is 3.05. The SMILES string of the molecule is CC(C)NCc1ccc(OCCOCCO)c(Br)c1. The van der Waals surface area contributed by atoms with Crippen molar-refractivity contribution < 1.29 is 14.6 Å². The predicted octanol–water partition coefficient (Wildman–Crippen LogP) is 2.33. The maximum atomic E-state index is 8.57. The van der Waals surface area contributed by atoms with Crippen molar-refractivity contribution in [1.29, 1.82) is 0 Å². The van der Waals surface area contributed by atoms with E-state index in [0.29, 0.717) is 25.9 Å². The van der Waals surface area contributed by atoms with E-state index in [1.54, 1.807) is 0 Å². The Balaban J connectivity index is 2.39. The van der Waals surface area contributed by atoms with Gasteiger partial charge in [-0.15, -0.1) is 0 Å². The highest BCUT2D eigenvalue weighted by Gasteiger charge is 2.03. The lowest BCUT2D eigenvalue weighted by molar-refractivity contribution is 0.0703. The van der Waals surface area contributed by atoms with Gasteiger partial charge in [0.05, 0.1) is 24.3 Å². The Morgan fingerprint density at radius 3 is 2.68 bits per heavy atom. The fourth-order valence-corrected chi connectivity index (χ4v) is 2.01. The molecule has 1 aromatic rings. The predicted molar refractivity (Wildman–Crippen MR) is 79.5 cm³/mol. The summed E-state index contributed by atoms with van der Waals surface area (Å²) in [5.41, 5.74) is 1.21. The Kier molecular flexibility index (Phi) is 8.05. The summed E-state index contributed by atoms with van der Waals surface area (Å²) in [5.74, 6) is 0.806. The molecule has 0 atom stereocenters. The zero-order chi connectivity index (χ0) is 14.1. The zero-order valence-corrected chi connectivity index (χ0v) is 13.1. The molecule has 0 fully saturated rings. The molecule has 0 spiro atoms. The van der Waals surface area contributed by atoms with E-state index in [4.69, 9.17) is 14.6 Å². The molecule has 1 rings (SSSR count). The lowest BCUT2D eigenvalue weighted by atomic mass is 10.2. The van der Waals surface area contributed by atoms with Gasteiger partial charge in [0, 0.05) is 12.6 Å². The highest BCUT2D eigenvalue weighted by atomic mass is 79.9. The van der Waals surface area contributed by atoms with Crippen molar-refractivity contribution in [2.75, 3.05) is 26.4 Å². The van der Waals surface area contributed by atoms with Crippen molar-refractivity contribution >= 4 is 15.9 Å². The van der Waals surface area contributed by atoms with Gasteiger partial charge in [-0.2, -0.15) is 0 Å². The van der Waals surface area contributed by atoms with Crippen LogP contribution in [0, 0.1) is 0 Å². The van der Waals surface area contributed by atoms with Crippen LogP contribution in [0.15, 0.2) is 22.7 Å². The summed E-state index contributed by atoms with van der Waals surface area (Å²) in [7, 11) is 0. The van der Waals surface area contributed by atoms with Gasteiger partial charge in [0.1, 0.15) is 12.4 Å². The van der Waals surface area contributed by atoms with Crippen LogP contribution in [0.1, 0.15) is 19.4 Å². The smallest absolute Gasteiger partial charge is 0.133 e. The number of aliphatic hydroxyl groups excluding tert-OH is 1. The van der Waals surface area contributed by atoms with Gasteiger partial charge in [0.2, 0.25) is 0 Å². The summed E-state index contributed by atoms with van der Waals surface area (Å²) in [4.78, 5) is 0. The Bertz CT molecular complexity index is 372. The van der Waals surface area contributed by atoms with E-state index in [1.165, 1.54) is 5.56 Å². The average Bonchev–Trinajstić information content (AvgIpc) is 2.38. The molecule has 108 valence electrons. The maximum Gasteiger partial charge on any atom is 0.133 e. The molecule has 0 unspecified atom stereocenters. The van der Waals surface area contributed by atoms with Gasteiger partial charge in [0.15, 0.2) is 0 Å².